The number of carbonyl (C=O) groups is 1. The second-order valence-corrected chi connectivity index (χ2v) is 9.80. The molecule has 25 heavy (non-hydrogen) atoms. The first kappa shape index (κ1) is 18.0. The van der Waals surface area contributed by atoms with Crippen molar-refractivity contribution in [1.29, 1.82) is 0 Å². The molecule has 0 aromatic rings. The largest absolute Gasteiger partial charge is 0.393 e. The molecule has 4 fully saturated rings. The lowest BCUT2D eigenvalue weighted by Gasteiger charge is -2.54. The predicted octanol–water partition coefficient (Wildman–Crippen LogP) is 3.81. The molecule has 4 aliphatic carbocycles. The van der Waals surface area contributed by atoms with Gasteiger partial charge in [-0.1, -0.05) is 6.92 Å². The van der Waals surface area contributed by atoms with E-state index in [0.29, 0.717) is 36.0 Å². The maximum absolute atomic E-state index is 11.0. The van der Waals surface area contributed by atoms with Crippen LogP contribution in [0.5, 0.6) is 0 Å². The van der Waals surface area contributed by atoms with Crippen LogP contribution in [0.2, 0.25) is 0 Å². The molecule has 4 aliphatic rings. The van der Waals surface area contributed by atoms with E-state index >= 15 is 0 Å². The Morgan fingerprint density at radius 2 is 1.60 bits per heavy atom. The van der Waals surface area contributed by atoms with Crippen LogP contribution in [0.3, 0.4) is 0 Å². The Balaban J connectivity index is 1.48. The maximum atomic E-state index is 11.0. The van der Waals surface area contributed by atoms with Gasteiger partial charge in [0.25, 0.3) is 0 Å². The van der Waals surface area contributed by atoms with Gasteiger partial charge in [-0.05, 0) is 105 Å². The van der Waals surface area contributed by atoms with Crippen molar-refractivity contribution in [3.05, 3.63) is 0 Å². The quantitative estimate of drug-likeness (QED) is 0.760. The van der Waals surface area contributed by atoms with Gasteiger partial charge >= 0.3 is 0 Å². The first-order valence-electron chi connectivity index (χ1n) is 10.9. The summed E-state index contributed by atoms with van der Waals surface area (Å²) in [5, 5.41) is 21.1. The van der Waals surface area contributed by atoms with Crippen molar-refractivity contribution < 1.29 is 15.0 Å². The molecular formula is C22H36O3. The zero-order valence-electron chi connectivity index (χ0n) is 15.7. The van der Waals surface area contributed by atoms with Gasteiger partial charge < -0.3 is 15.0 Å². The fraction of sp³-hybridized carbons (Fsp3) is 0.955. The molecule has 0 heterocycles. The number of aldehydes is 1. The van der Waals surface area contributed by atoms with Crippen LogP contribution in [-0.2, 0) is 4.79 Å². The molecule has 0 aromatic carbocycles. The zero-order valence-corrected chi connectivity index (χ0v) is 15.7. The van der Waals surface area contributed by atoms with E-state index in [1.165, 1.54) is 32.1 Å². The summed E-state index contributed by atoms with van der Waals surface area (Å²) >= 11 is 0. The number of hydrogen-bond donors (Lipinski definition) is 2. The predicted molar refractivity (Wildman–Crippen MR) is 97.8 cm³/mol. The molecule has 0 aliphatic heterocycles. The highest BCUT2D eigenvalue weighted by atomic mass is 16.3. The number of rotatable bonds is 4. The van der Waals surface area contributed by atoms with Gasteiger partial charge in [-0.15, -0.1) is 0 Å². The smallest absolute Gasteiger partial charge is 0.120 e. The SMILES string of the molecule is CC(CCC=O)C1CCC2C1CCC1C3CCC(O)CC3CC(O)C12. The lowest BCUT2D eigenvalue weighted by atomic mass is 9.52. The molecule has 0 spiro atoms. The number of carbonyl (C=O) groups excluding carboxylic acids is 1. The number of hydrogen-bond acceptors (Lipinski definition) is 3. The topological polar surface area (TPSA) is 57.5 Å². The van der Waals surface area contributed by atoms with Gasteiger partial charge in [0.2, 0.25) is 0 Å². The second kappa shape index (κ2) is 7.31. The van der Waals surface area contributed by atoms with Crippen molar-refractivity contribution >= 4 is 6.29 Å². The van der Waals surface area contributed by atoms with Gasteiger partial charge in [0.05, 0.1) is 12.2 Å². The molecule has 0 saturated heterocycles. The van der Waals surface area contributed by atoms with E-state index in [0.717, 1.165) is 49.7 Å². The molecule has 0 amide bonds. The summed E-state index contributed by atoms with van der Waals surface area (Å²) in [7, 11) is 0. The van der Waals surface area contributed by atoms with Crippen molar-refractivity contribution in [3.8, 4) is 0 Å². The van der Waals surface area contributed by atoms with Crippen molar-refractivity contribution in [2.24, 2.45) is 47.3 Å². The minimum Gasteiger partial charge on any atom is -0.393 e. The lowest BCUT2D eigenvalue weighted by molar-refractivity contribution is -0.115. The monoisotopic (exact) mass is 348 g/mol. The molecule has 3 heteroatoms. The van der Waals surface area contributed by atoms with Gasteiger partial charge in [-0.25, -0.2) is 0 Å². The van der Waals surface area contributed by atoms with Crippen LogP contribution >= 0.6 is 0 Å². The Hall–Kier alpha value is -0.410. The van der Waals surface area contributed by atoms with E-state index in [4.69, 9.17) is 0 Å². The summed E-state index contributed by atoms with van der Waals surface area (Å²) in [6.07, 6.45) is 11.8. The van der Waals surface area contributed by atoms with Crippen LogP contribution in [0.1, 0.15) is 71.1 Å². The van der Waals surface area contributed by atoms with Crippen LogP contribution in [-0.4, -0.2) is 28.7 Å². The third kappa shape index (κ3) is 3.20. The summed E-state index contributed by atoms with van der Waals surface area (Å²) in [5.74, 6) is 5.43. The highest BCUT2D eigenvalue weighted by Gasteiger charge is 2.55. The van der Waals surface area contributed by atoms with Crippen LogP contribution in [0, 0.1) is 47.3 Å². The van der Waals surface area contributed by atoms with Crippen molar-refractivity contribution in [3.63, 3.8) is 0 Å². The van der Waals surface area contributed by atoms with Gasteiger partial charge in [0.1, 0.15) is 6.29 Å². The second-order valence-electron chi connectivity index (χ2n) is 9.80. The molecular weight excluding hydrogens is 312 g/mol. The lowest BCUT2D eigenvalue weighted by Crippen LogP contribution is -2.52. The van der Waals surface area contributed by atoms with Crippen molar-refractivity contribution in [1.82, 2.24) is 0 Å². The molecule has 10 unspecified atom stereocenters. The number of fused-ring (bicyclic) bond motifs is 5. The van der Waals surface area contributed by atoms with E-state index in [1.54, 1.807) is 0 Å². The average molecular weight is 349 g/mol. The minimum absolute atomic E-state index is 0.129. The third-order valence-corrected chi connectivity index (χ3v) is 8.78. The van der Waals surface area contributed by atoms with E-state index in [1.807, 2.05) is 0 Å². The number of aliphatic hydroxyl groups excluding tert-OH is 2. The van der Waals surface area contributed by atoms with Crippen molar-refractivity contribution in [2.45, 2.75) is 83.3 Å². The Morgan fingerprint density at radius 1 is 0.920 bits per heavy atom. The summed E-state index contributed by atoms with van der Waals surface area (Å²) < 4.78 is 0. The van der Waals surface area contributed by atoms with Crippen LogP contribution in [0.15, 0.2) is 0 Å². The van der Waals surface area contributed by atoms with Crippen LogP contribution < -0.4 is 0 Å². The molecule has 4 rings (SSSR count). The van der Waals surface area contributed by atoms with Crippen LogP contribution in [0.4, 0.5) is 0 Å². The molecule has 2 N–H and O–H groups in total. The Kier molecular flexibility index (Phi) is 5.25. The van der Waals surface area contributed by atoms with E-state index in [2.05, 4.69) is 6.92 Å². The Bertz CT molecular complexity index is 478. The van der Waals surface area contributed by atoms with Gasteiger partial charge in [0, 0.05) is 6.42 Å². The first-order valence-corrected chi connectivity index (χ1v) is 10.9. The minimum atomic E-state index is -0.145. The van der Waals surface area contributed by atoms with E-state index in [9.17, 15) is 15.0 Å². The third-order valence-electron chi connectivity index (χ3n) is 8.78. The molecule has 10 atom stereocenters. The van der Waals surface area contributed by atoms with Crippen LogP contribution in [0.25, 0.3) is 0 Å². The zero-order chi connectivity index (χ0) is 17.6. The summed E-state index contributed by atoms with van der Waals surface area (Å²) in [4.78, 5) is 10.7. The summed E-state index contributed by atoms with van der Waals surface area (Å²) in [5.41, 5.74) is 0. The number of aliphatic hydroxyl groups is 2. The molecule has 4 saturated carbocycles. The fourth-order valence-corrected chi connectivity index (χ4v) is 7.82. The molecule has 0 bridgehead atoms. The molecule has 142 valence electrons. The highest BCUT2D eigenvalue weighted by Crippen LogP contribution is 2.60. The summed E-state index contributed by atoms with van der Waals surface area (Å²) in [6, 6.07) is 0. The van der Waals surface area contributed by atoms with Gasteiger partial charge in [-0.2, -0.15) is 0 Å². The Morgan fingerprint density at radius 3 is 2.40 bits per heavy atom. The molecule has 0 aromatic heterocycles. The van der Waals surface area contributed by atoms with E-state index in [-0.39, 0.29) is 12.2 Å². The average Bonchev–Trinajstić information content (AvgIpc) is 3.03. The normalized spacial score (nSPS) is 50.4. The van der Waals surface area contributed by atoms with Crippen molar-refractivity contribution in [2.75, 3.05) is 0 Å². The van der Waals surface area contributed by atoms with Gasteiger partial charge in [0.15, 0.2) is 0 Å². The van der Waals surface area contributed by atoms with Gasteiger partial charge in [-0.3, -0.25) is 0 Å². The Labute approximate surface area is 152 Å². The highest BCUT2D eigenvalue weighted by molar-refractivity contribution is 5.49. The summed E-state index contributed by atoms with van der Waals surface area (Å²) in [6.45, 7) is 2.35. The van der Waals surface area contributed by atoms with E-state index < -0.39 is 0 Å². The fourth-order valence-electron chi connectivity index (χ4n) is 7.82. The molecule has 0 radical (unpaired) electrons. The molecule has 3 nitrogen and oxygen atoms in total. The first-order chi connectivity index (χ1) is 12.1. The maximum Gasteiger partial charge on any atom is 0.120 e. The standard InChI is InChI=1S/C22H36O3/c1-13(3-2-10-23)16-6-8-20-18(16)7-9-19-17-5-4-15(24)11-14(17)12-21(25)22(19)20/h10,13-22,24-25H,2-9,11-12H2,1H3.